The van der Waals surface area contributed by atoms with Crippen LogP contribution in [0.2, 0.25) is 5.15 Å². The van der Waals surface area contributed by atoms with Gasteiger partial charge in [0.2, 0.25) is 5.88 Å². The summed E-state index contributed by atoms with van der Waals surface area (Å²) in [7, 11) is 0. The van der Waals surface area contributed by atoms with Crippen molar-refractivity contribution in [3.63, 3.8) is 0 Å². The largest absolute Gasteiger partial charge is 0.439 e. The summed E-state index contributed by atoms with van der Waals surface area (Å²) in [5.41, 5.74) is 0. The Morgan fingerprint density at radius 1 is 1.17 bits per heavy atom. The van der Waals surface area contributed by atoms with Crippen LogP contribution >= 0.6 is 11.6 Å². The minimum Gasteiger partial charge on any atom is -0.439 e. The van der Waals surface area contributed by atoms with E-state index in [2.05, 4.69) is 9.97 Å². The van der Waals surface area contributed by atoms with Crippen LogP contribution in [-0.4, -0.2) is 9.97 Å². The van der Waals surface area contributed by atoms with Crippen molar-refractivity contribution in [1.29, 1.82) is 0 Å². The average Bonchev–Trinajstić information content (AvgIpc) is 3.15. The third-order valence-corrected chi connectivity index (χ3v) is 2.86. The van der Waals surface area contributed by atoms with E-state index in [-0.39, 0.29) is 5.82 Å². The molecular formula is C13H10ClFN2O. The molecule has 18 heavy (non-hydrogen) atoms. The van der Waals surface area contributed by atoms with Crippen LogP contribution in [0.3, 0.4) is 0 Å². The normalized spacial score (nSPS) is 14.6. The van der Waals surface area contributed by atoms with E-state index in [1.165, 1.54) is 12.1 Å². The van der Waals surface area contributed by atoms with Crippen LogP contribution in [0, 0.1) is 5.82 Å². The summed E-state index contributed by atoms with van der Waals surface area (Å²) in [4.78, 5) is 8.47. The van der Waals surface area contributed by atoms with Crippen molar-refractivity contribution in [1.82, 2.24) is 9.97 Å². The molecule has 1 aromatic carbocycles. The first kappa shape index (κ1) is 11.4. The van der Waals surface area contributed by atoms with Crippen LogP contribution in [0.4, 0.5) is 4.39 Å². The molecule has 0 bridgehead atoms. The maximum Gasteiger partial charge on any atom is 0.224 e. The van der Waals surface area contributed by atoms with Gasteiger partial charge in [0.1, 0.15) is 22.5 Å². The first-order valence-corrected chi connectivity index (χ1v) is 6.06. The van der Waals surface area contributed by atoms with Crippen LogP contribution in [0.15, 0.2) is 30.3 Å². The lowest BCUT2D eigenvalue weighted by Crippen LogP contribution is -1.96. The summed E-state index contributed by atoms with van der Waals surface area (Å²) in [6.07, 6.45) is 2.19. The van der Waals surface area contributed by atoms with E-state index in [1.807, 2.05) is 0 Å². The van der Waals surface area contributed by atoms with Gasteiger partial charge in [-0.1, -0.05) is 11.6 Å². The van der Waals surface area contributed by atoms with Gasteiger partial charge in [0.05, 0.1) is 0 Å². The summed E-state index contributed by atoms with van der Waals surface area (Å²) in [6.45, 7) is 0. The lowest BCUT2D eigenvalue weighted by atomic mass is 10.3. The Morgan fingerprint density at radius 2 is 1.89 bits per heavy atom. The molecule has 2 aromatic rings. The third-order valence-electron chi connectivity index (χ3n) is 2.67. The van der Waals surface area contributed by atoms with Crippen molar-refractivity contribution in [2.24, 2.45) is 0 Å². The Kier molecular flexibility index (Phi) is 2.88. The average molecular weight is 265 g/mol. The molecule has 1 aliphatic rings. The fourth-order valence-corrected chi connectivity index (χ4v) is 1.79. The maximum atomic E-state index is 12.8. The molecule has 1 aromatic heterocycles. The van der Waals surface area contributed by atoms with Crippen LogP contribution in [0.1, 0.15) is 24.6 Å². The van der Waals surface area contributed by atoms with E-state index in [4.69, 9.17) is 16.3 Å². The highest BCUT2D eigenvalue weighted by Crippen LogP contribution is 2.39. The number of benzene rings is 1. The first-order valence-electron chi connectivity index (χ1n) is 5.68. The SMILES string of the molecule is Fc1ccc(Oc2cc(Cl)nc(C3CC3)n2)cc1. The van der Waals surface area contributed by atoms with Gasteiger partial charge in [-0.2, -0.15) is 4.98 Å². The number of aromatic nitrogens is 2. The highest BCUT2D eigenvalue weighted by Gasteiger charge is 2.27. The minimum atomic E-state index is -0.304. The fraction of sp³-hybridized carbons (Fsp3) is 0.231. The molecule has 0 unspecified atom stereocenters. The number of hydrogen-bond donors (Lipinski definition) is 0. The number of nitrogens with zero attached hydrogens (tertiary/aromatic N) is 2. The number of ether oxygens (including phenoxy) is 1. The molecule has 1 fully saturated rings. The molecule has 3 nitrogen and oxygen atoms in total. The first-order chi connectivity index (χ1) is 8.70. The van der Waals surface area contributed by atoms with Gasteiger partial charge in [0, 0.05) is 12.0 Å². The van der Waals surface area contributed by atoms with Crippen molar-refractivity contribution in [3.05, 3.63) is 47.1 Å². The monoisotopic (exact) mass is 264 g/mol. The molecule has 0 spiro atoms. The Labute approximate surface area is 109 Å². The van der Waals surface area contributed by atoms with Gasteiger partial charge < -0.3 is 4.74 Å². The van der Waals surface area contributed by atoms with Gasteiger partial charge in [-0.05, 0) is 37.1 Å². The van der Waals surface area contributed by atoms with Crippen LogP contribution in [0.25, 0.3) is 0 Å². The summed E-state index contributed by atoms with van der Waals surface area (Å²) >= 11 is 5.92. The highest BCUT2D eigenvalue weighted by molar-refractivity contribution is 6.29. The van der Waals surface area contributed by atoms with Gasteiger partial charge in [-0.25, -0.2) is 9.37 Å². The molecule has 0 aliphatic heterocycles. The van der Waals surface area contributed by atoms with E-state index in [0.29, 0.717) is 22.7 Å². The van der Waals surface area contributed by atoms with E-state index in [9.17, 15) is 4.39 Å². The number of rotatable bonds is 3. The molecule has 3 rings (SSSR count). The van der Waals surface area contributed by atoms with E-state index < -0.39 is 0 Å². The molecule has 0 atom stereocenters. The van der Waals surface area contributed by atoms with Crippen LogP contribution in [0.5, 0.6) is 11.6 Å². The second kappa shape index (κ2) is 4.53. The van der Waals surface area contributed by atoms with Crippen molar-refractivity contribution in [3.8, 4) is 11.6 Å². The molecule has 92 valence electrons. The lowest BCUT2D eigenvalue weighted by Gasteiger charge is -2.06. The predicted octanol–water partition coefficient (Wildman–Crippen LogP) is 3.94. The minimum absolute atomic E-state index is 0.304. The fourth-order valence-electron chi connectivity index (χ4n) is 1.61. The van der Waals surface area contributed by atoms with Gasteiger partial charge in [-0.3, -0.25) is 0 Å². The predicted molar refractivity (Wildman–Crippen MR) is 65.5 cm³/mol. The summed E-state index contributed by atoms with van der Waals surface area (Å²) in [6, 6.07) is 7.31. The molecule has 5 heteroatoms. The standard InChI is InChI=1S/C13H10ClFN2O/c14-11-7-12(17-13(16-11)8-1-2-8)18-10-5-3-9(15)4-6-10/h3-8H,1-2H2. The highest BCUT2D eigenvalue weighted by atomic mass is 35.5. The van der Waals surface area contributed by atoms with Gasteiger partial charge in [-0.15, -0.1) is 0 Å². The Balaban J connectivity index is 1.85. The summed E-state index contributed by atoms with van der Waals surface area (Å²) in [5, 5.41) is 0.365. The zero-order valence-corrected chi connectivity index (χ0v) is 10.2. The third kappa shape index (κ3) is 2.59. The summed E-state index contributed by atoms with van der Waals surface area (Å²) < 4.78 is 18.3. The van der Waals surface area contributed by atoms with Crippen molar-refractivity contribution >= 4 is 11.6 Å². The summed E-state index contributed by atoms with van der Waals surface area (Å²) in [5.74, 6) is 1.73. The number of halogens is 2. The molecule has 0 radical (unpaired) electrons. The van der Waals surface area contributed by atoms with Crippen LogP contribution < -0.4 is 4.74 Å². The Morgan fingerprint density at radius 3 is 2.56 bits per heavy atom. The van der Waals surface area contributed by atoms with E-state index >= 15 is 0 Å². The Bertz CT molecular complexity index is 570. The molecule has 0 saturated heterocycles. The van der Waals surface area contributed by atoms with Crippen molar-refractivity contribution in [2.75, 3.05) is 0 Å². The Hall–Kier alpha value is -1.68. The maximum absolute atomic E-state index is 12.8. The van der Waals surface area contributed by atoms with Crippen molar-refractivity contribution in [2.45, 2.75) is 18.8 Å². The zero-order valence-electron chi connectivity index (χ0n) is 9.44. The lowest BCUT2D eigenvalue weighted by molar-refractivity contribution is 0.457. The van der Waals surface area contributed by atoms with Gasteiger partial charge in [0.15, 0.2) is 0 Å². The number of hydrogen-bond acceptors (Lipinski definition) is 3. The zero-order chi connectivity index (χ0) is 12.5. The quantitative estimate of drug-likeness (QED) is 0.788. The van der Waals surface area contributed by atoms with E-state index in [0.717, 1.165) is 18.7 Å². The second-order valence-corrected chi connectivity index (χ2v) is 4.60. The smallest absolute Gasteiger partial charge is 0.224 e. The second-order valence-electron chi connectivity index (χ2n) is 4.22. The van der Waals surface area contributed by atoms with Crippen LogP contribution in [-0.2, 0) is 0 Å². The van der Waals surface area contributed by atoms with Gasteiger partial charge >= 0.3 is 0 Å². The van der Waals surface area contributed by atoms with Gasteiger partial charge in [0.25, 0.3) is 0 Å². The van der Waals surface area contributed by atoms with Crippen molar-refractivity contribution < 1.29 is 9.13 Å². The molecule has 1 saturated carbocycles. The molecular weight excluding hydrogens is 255 g/mol. The topological polar surface area (TPSA) is 35.0 Å². The molecule has 0 N–H and O–H groups in total. The molecule has 1 heterocycles. The molecule has 1 aliphatic carbocycles. The molecule has 0 amide bonds. The van der Waals surface area contributed by atoms with E-state index in [1.54, 1.807) is 18.2 Å².